The van der Waals surface area contributed by atoms with Gasteiger partial charge in [-0.1, -0.05) is 12.1 Å². The topological polar surface area (TPSA) is 102 Å². The van der Waals surface area contributed by atoms with E-state index in [0.29, 0.717) is 22.9 Å². The smallest absolute Gasteiger partial charge is 0.248 e. The Bertz CT molecular complexity index is 651. The second-order valence-corrected chi connectivity index (χ2v) is 5.55. The van der Waals surface area contributed by atoms with Gasteiger partial charge in [0.25, 0.3) is 0 Å². The fourth-order valence-electron chi connectivity index (χ4n) is 1.83. The number of nitrogen functional groups attached to an aromatic ring is 1. The third-order valence-corrected chi connectivity index (χ3v) is 3.71. The van der Waals surface area contributed by atoms with E-state index in [2.05, 4.69) is 4.98 Å². The van der Waals surface area contributed by atoms with E-state index in [9.17, 15) is 9.59 Å². The minimum absolute atomic E-state index is 0.0423. The van der Waals surface area contributed by atoms with Gasteiger partial charge in [0.15, 0.2) is 5.13 Å². The van der Waals surface area contributed by atoms with Crippen molar-refractivity contribution in [3.05, 3.63) is 46.5 Å². The summed E-state index contributed by atoms with van der Waals surface area (Å²) in [6.45, 7) is 0.456. The molecule has 0 saturated carbocycles. The summed E-state index contributed by atoms with van der Waals surface area (Å²) in [5.74, 6) is -0.508. The van der Waals surface area contributed by atoms with Gasteiger partial charge < -0.3 is 16.4 Å². The number of hydrogen-bond donors (Lipinski definition) is 2. The van der Waals surface area contributed by atoms with Crippen LogP contribution >= 0.6 is 11.3 Å². The summed E-state index contributed by atoms with van der Waals surface area (Å²) in [6.07, 6.45) is 0.226. The molecular formula is C14H16N4O2S. The predicted octanol–water partition coefficient (Wildman–Crippen LogP) is 1.03. The molecule has 0 fully saturated rings. The SMILES string of the molecule is CN(Cc1ccc(C(N)=O)cc1)C(=O)Cc1csc(N)n1. The Morgan fingerprint density at radius 2 is 1.95 bits per heavy atom. The van der Waals surface area contributed by atoms with Crippen LogP contribution in [0.5, 0.6) is 0 Å². The average Bonchev–Trinajstić information content (AvgIpc) is 2.84. The summed E-state index contributed by atoms with van der Waals surface area (Å²) < 4.78 is 0. The number of thiazole rings is 1. The van der Waals surface area contributed by atoms with Gasteiger partial charge in [0, 0.05) is 24.5 Å². The van der Waals surface area contributed by atoms with Crippen LogP contribution in [0.2, 0.25) is 0 Å². The molecule has 2 aromatic rings. The fraction of sp³-hybridized carbons (Fsp3) is 0.214. The molecule has 21 heavy (non-hydrogen) atoms. The molecule has 0 saturated heterocycles. The molecule has 2 rings (SSSR count). The molecule has 0 unspecified atom stereocenters. The van der Waals surface area contributed by atoms with Crippen molar-refractivity contribution in [2.45, 2.75) is 13.0 Å². The zero-order valence-corrected chi connectivity index (χ0v) is 12.4. The molecule has 0 aliphatic carbocycles. The highest BCUT2D eigenvalue weighted by Gasteiger charge is 2.12. The summed E-state index contributed by atoms with van der Waals surface area (Å²) in [7, 11) is 1.72. The van der Waals surface area contributed by atoms with E-state index in [-0.39, 0.29) is 12.3 Å². The van der Waals surface area contributed by atoms with Crippen molar-refractivity contribution in [1.82, 2.24) is 9.88 Å². The molecule has 1 aromatic carbocycles. The van der Waals surface area contributed by atoms with Gasteiger partial charge in [-0.2, -0.15) is 0 Å². The molecule has 4 N–H and O–H groups in total. The van der Waals surface area contributed by atoms with Crippen molar-refractivity contribution in [3.63, 3.8) is 0 Å². The van der Waals surface area contributed by atoms with E-state index in [1.54, 1.807) is 41.6 Å². The Morgan fingerprint density at radius 1 is 1.29 bits per heavy atom. The molecule has 110 valence electrons. The van der Waals surface area contributed by atoms with Crippen LogP contribution in [0.1, 0.15) is 21.6 Å². The number of nitrogens with zero attached hydrogens (tertiary/aromatic N) is 2. The highest BCUT2D eigenvalue weighted by molar-refractivity contribution is 7.13. The summed E-state index contributed by atoms with van der Waals surface area (Å²) in [5.41, 5.74) is 12.8. The van der Waals surface area contributed by atoms with E-state index < -0.39 is 5.91 Å². The molecule has 1 aromatic heterocycles. The average molecular weight is 304 g/mol. The molecule has 1 heterocycles. The van der Waals surface area contributed by atoms with Crippen LogP contribution in [0.4, 0.5) is 5.13 Å². The molecular weight excluding hydrogens is 288 g/mol. The maximum atomic E-state index is 12.1. The monoisotopic (exact) mass is 304 g/mol. The normalized spacial score (nSPS) is 10.3. The lowest BCUT2D eigenvalue weighted by molar-refractivity contribution is -0.129. The van der Waals surface area contributed by atoms with Crippen molar-refractivity contribution in [3.8, 4) is 0 Å². The molecule has 2 amide bonds. The first-order valence-corrected chi connectivity index (χ1v) is 7.16. The van der Waals surface area contributed by atoms with Crippen molar-refractivity contribution >= 4 is 28.3 Å². The number of likely N-dealkylation sites (N-methyl/N-ethyl adjacent to an activating group) is 1. The van der Waals surface area contributed by atoms with E-state index in [1.165, 1.54) is 11.3 Å². The van der Waals surface area contributed by atoms with E-state index in [1.807, 2.05) is 0 Å². The highest BCUT2D eigenvalue weighted by Crippen LogP contribution is 2.13. The van der Waals surface area contributed by atoms with Crippen LogP contribution in [0.15, 0.2) is 29.6 Å². The zero-order valence-electron chi connectivity index (χ0n) is 11.6. The quantitative estimate of drug-likeness (QED) is 0.861. The number of nitrogens with two attached hydrogens (primary N) is 2. The number of anilines is 1. The van der Waals surface area contributed by atoms with Crippen molar-refractivity contribution < 1.29 is 9.59 Å². The van der Waals surface area contributed by atoms with Crippen LogP contribution in [-0.4, -0.2) is 28.7 Å². The molecule has 0 aliphatic heterocycles. The lowest BCUT2D eigenvalue weighted by Gasteiger charge is -2.16. The van der Waals surface area contributed by atoms with E-state index in [4.69, 9.17) is 11.5 Å². The standard InChI is InChI=1S/C14H16N4O2S/c1-18(12(19)6-11-8-21-14(16)17-11)7-9-2-4-10(5-3-9)13(15)20/h2-5,8H,6-7H2,1H3,(H2,15,20)(H2,16,17). The number of carbonyl (C=O) groups excluding carboxylic acids is 2. The molecule has 0 radical (unpaired) electrons. The Kier molecular flexibility index (Phi) is 4.54. The number of hydrogen-bond acceptors (Lipinski definition) is 5. The Balaban J connectivity index is 1.95. The van der Waals surface area contributed by atoms with Gasteiger partial charge in [0.2, 0.25) is 11.8 Å². The fourth-order valence-corrected chi connectivity index (χ4v) is 2.39. The van der Waals surface area contributed by atoms with Crippen molar-refractivity contribution in [1.29, 1.82) is 0 Å². The maximum absolute atomic E-state index is 12.1. The molecule has 6 nitrogen and oxygen atoms in total. The van der Waals surface area contributed by atoms with Crippen molar-refractivity contribution in [2.24, 2.45) is 5.73 Å². The van der Waals surface area contributed by atoms with Gasteiger partial charge in [0.1, 0.15) is 0 Å². The number of carbonyl (C=O) groups is 2. The number of benzene rings is 1. The lowest BCUT2D eigenvalue weighted by atomic mass is 10.1. The van der Waals surface area contributed by atoms with E-state index in [0.717, 1.165) is 5.56 Å². The first-order chi connectivity index (χ1) is 9.95. The maximum Gasteiger partial charge on any atom is 0.248 e. The lowest BCUT2D eigenvalue weighted by Crippen LogP contribution is -2.27. The third-order valence-electron chi connectivity index (χ3n) is 2.99. The third kappa shape index (κ3) is 4.03. The number of rotatable bonds is 5. The largest absolute Gasteiger partial charge is 0.375 e. The van der Waals surface area contributed by atoms with Crippen molar-refractivity contribution in [2.75, 3.05) is 12.8 Å². The predicted molar refractivity (Wildman–Crippen MR) is 81.7 cm³/mol. The second-order valence-electron chi connectivity index (χ2n) is 4.66. The minimum atomic E-state index is -0.466. The van der Waals surface area contributed by atoms with Crippen LogP contribution in [0, 0.1) is 0 Å². The highest BCUT2D eigenvalue weighted by atomic mass is 32.1. The van der Waals surface area contributed by atoms with Gasteiger partial charge in [-0.05, 0) is 17.7 Å². The summed E-state index contributed by atoms with van der Waals surface area (Å²) in [5, 5.41) is 2.24. The molecule has 0 aliphatic rings. The number of amides is 2. The van der Waals surface area contributed by atoms with Gasteiger partial charge in [-0.25, -0.2) is 4.98 Å². The Morgan fingerprint density at radius 3 is 2.48 bits per heavy atom. The summed E-state index contributed by atoms with van der Waals surface area (Å²) in [6, 6.07) is 6.86. The summed E-state index contributed by atoms with van der Waals surface area (Å²) in [4.78, 5) is 28.7. The number of aromatic nitrogens is 1. The summed E-state index contributed by atoms with van der Waals surface area (Å²) >= 11 is 1.32. The van der Waals surface area contributed by atoms with Gasteiger partial charge in [0.05, 0.1) is 12.1 Å². The molecule has 0 spiro atoms. The Labute approximate surface area is 126 Å². The van der Waals surface area contributed by atoms with Gasteiger partial charge in [-0.15, -0.1) is 11.3 Å². The minimum Gasteiger partial charge on any atom is -0.375 e. The molecule has 0 bridgehead atoms. The number of primary amides is 1. The van der Waals surface area contributed by atoms with Crippen LogP contribution in [0.25, 0.3) is 0 Å². The van der Waals surface area contributed by atoms with Gasteiger partial charge >= 0.3 is 0 Å². The van der Waals surface area contributed by atoms with Gasteiger partial charge in [-0.3, -0.25) is 9.59 Å². The Hall–Kier alpha value is -2.41. The van der Waals surface area contributed by atoms with Crippen LogP contribution in [0.3, 0.4) is 0 Å². The first kappa shape index (κ1) is 15.0. The first-order valence-electron chi connectivity index (χ1n) is 6.28. The zero-order chi connectivity index (χ0) is 15.4. The molecule has 0 atom stereocenters. The molecule has 7 heteroatoms. The van der Waals surface area contributed by atoms with Crippen LogP contribution < -0.4 is 11.5 Å². The van der Waals surface area contributed by atoms with Crippen LogP contribution in [-0.2, 0) is 17.8 Å². The van der Waals surface area contributed by atoms with E-state index >= 15 is 0 Å². The second kappa shape index (κ2) is 6.36.